The van der Waals surface area contributed by atoms with Crippen molar-refractivity contribution in [3.05, 3.63) is 0 Å². The van der Waals surface area contributed by atoms with Gasteiger partial charge in [-0.1, -0.05) is 34.6 Å². The Kier molecular flexibility index (Phi) is 22.5. The molecule has 0 aromatic heterocycles. The van der Waals surface area contributed by atoms with Gasteiger partial charge in [-0.3, -0.25) is 81.9 Å². The van der Waals surface area contributed by atoms with E-state index in [1.807, 2.05) is 70.1 Å². The van der Waals surface area contributed by atoms with E-state index >= 15 is 0 Å². The Morgan fingerprint density at radius 3 is 0.951 bits per heavy atom. The van der Waals surface area contributed by atoms with Crippen LogP contribution >= 0.6 is 0 Å². The molecule has 4 saturated heterocycles. The van der Waals surface area contributed by atoms with Crippen molar-refractivity contribution in [2.45, 2.75) is 219 Å². The third-order valence-electron chi connectivity index (χ3n) is 38.1. The molecule has 32 fully saturated rings. The van der Waals surface area contributed by atoms with Gasteiger partial charge in [0.15, 0.2) is 0 Å². The minimum atomic E-state index is -1.26. The molecule has 1 radical (unpaired) electrons. The maximum absolute atomic E-state index is 12.9. The Hall–Kier alpha value is -5.20. The van der Waals surface area contributed by atoms with Crippen LogP contribution in [0.2, 0.25) is 0 Å². The number of aliphatic carboxylic acids is 6. The van der Waals surface area contributed by atoms with Crippen molar-refractivity contribution in [1.29, 1.82) is 0 Å². The molecule has 12 amide bonds. The summed E-state index contributed by atoms with van der Waals surface area (Å²) in [4.78, 5) is 198. The first-order valence-electron chi connectivity index (χ1n) is 44.6. The number of alkyl halides is 1. The summed E-state index contributed by atoms with van der Waals surface area (Å²) in [6.45, 7) is 25.9. The van der Waals surface area contributed by atoms with Crippen LogP contribution < -0.4 is 78.7 Å². The number of nitrogens with two attached hydrogens (primary N) is 2. The summed E-state index contributed by atoms with van der Waals surface area (Å²) in [7, 11) is -1.00. The topological polar surface area (TPSA) is 522 Å². The van der Waals surface area contributed by atoms with E-state index in [1.165, 1.54) is 72.5 Å². The molecule has 28 aliphatic carbocycles. The van der Waals surface area contributed by atoms with Crippen LogP contribution in [-0.4, -0.2) is 287 Å². The largest absolute Gasteiger partial charge is 1.00 e. The van der Waals surface area contributed by atoms with E-state index in [0.717, 1.165) is 12.8 Å². The number of rotatable bonds is 16. The first-order chi connectivity index (χ1) is 57.2. The maximum Gasteiger partial charge on any atom is 1.00 e. The monoisotopic (exact) mass is 1760 g/mol. The van der Waals surface area contributed by atoms with Gasteiger partial charge >= 0.3 is 111 Å². The standard InChI is InChI=1S/3C15H22N2O2.C10H10N2O4.2C9H11NO4.C8H8O3.C2H6.CH3F.CH2O3.2K.H2/c3*1-4-14-8-9-7-10(14)11(14)15(9)12(18)16(5-2)13(19)17(15)6-3;13-6-10(12-8(16)11-6)3-1-4-5(10)9(4,2-3)7(14)15;2*10-9(7(13)14)3-1-4-5(9)8(4,2-3)6(11)12;9-6-3-1-4-5(6)8(4,2-3)7(10)11;2*1-2;2-1-4-3;;;/h3*9-11H,4-8H2,1-3H3;3-5H,1-2H2,(H,14,15)(H2,11,12,13,16);2*3-5H,1-2,10H2,(H,11,12)(H,13,14);3-5H,1-2H2,(H,10,11);1-2H3;1H3;1,3H;;;1H/q;;;;;;;;;;;+1;/p-1/i;;;;;;;;1D;;;;. The van der Waals surface area contributed by atoms with Crippen LogP contribution in [-0.2, 0) is 62.4 Å². The molecule has 34 nitrogen and oxygen atoms in total. The van der Waals surface area contributed by atoms with Crippen LogP contribution in [0.25, 0.3) is 0 Å². The minimum absolute atomic E-state index is 0. The second-order valence-electron chi connectivity index (χ2n) is 39.2. The van der Waals surface area contributed by atoms with Gasteiger partial charge in [0.05, 0.1) is 30.2 Å². The maximum atomic E-state index is 12.9. The summed E-state index contributed by atoms with van der Waals surface area (Å²) in [5.74, 6) is -0.980. The number of halogens is 1. The molecular weight excluding hydrogens is 1640 g/mol. The second-order valence-corrected chi connectivity index (χ2v) is 39.2. The third kappa shape index (κ3) is 10.3. The van der Waals surface area contributed by atoms with Gasteiger partial charge < -0.3 is 72.3 Å². The van der Waals surface area contributed by atoms with Gasteiger partial charge in [0.2, 0.25) is 0 Å². The van der Waals surface area contributed by atoms with E-state index in [4.69, 9.17) is 48.4 Å². The quantitative estimate of drug-likeness (QED) is 0.0346. The summed E-state index contributed by atoms with van der Waals surface area (Å²) in [6.07, 6.45) is 15.6. The molecule has 4 aliphatic heterocycles. The Bertz CT molecular complexity index is 4360. The van der Waals surface area contributed by atoms with Crippen molar-refractivity contribution in [3.8, 4) is 0 Å². The zero-order chi connectivity index (χ0) is 88.5. The predicted molar refractivity (Wildman–Crippen MR) is 417 cm³/mol. The number of amides is 12. The zero-order valence-corrected chi connectivity index (χ0v) is 78.2. The molecule has 4 heterocycles. The Labute approximate surface area is 794 Å². The molecular formula is C85H118FK2N10O24. The molecule has 661 valence electrons. The van der Waals surface area contributed by atoms with E-state index in [2.05, 4.69) is 36.3 Å². The van der Waals surface area contributed by atoms with Gasteiger partial charge in [-0.2, -0.15) is 0 Å². The van der Waals surface area contributed by atoms with E-state index in [-0.39, 0.29) is 229 Å². The van der Waals surface area contributed by atoms with Crippen LogP contribution in [0.4, 0.5) is 23.6 Å². The van der Waals surface area contributed by atoms with Gasteiger partial charge in [-0.15, -0.1) is 0 Å². The summed E-state index contributed by atoms with van der Waals surface area (Å²) >= 11 is 0. The fraction of sp³-hybridized carbons (Fsp3) is 0.812. The number of hydrogen-bond donors (Lipinski definition) is 10. The summed E-state index contributed by atoms with van der Waals surface area (Å²) < 4.78 is 15.5. The van der Waals surface area contributed by atoms with Gasteiger partial charge in [0, 0.05) is 139 Å². The van der Waals surface area contributed by atoms with Crippen LogP contribution in [0, 0.1) is 162 Å². The number of urea groups is 4. The number of carbonyl (C=O) groups is 16. The fourth-order valence-electron chi connectivity index (χ4n) is 34.3. The van der Waals surface area contributed by atoms with Gasteiger partial charge in [0.25, 0.3) is 30.1 Å². The average molecular weight is 1760 g/mol. The normalized spacial score (nSPS) is 49.3. The number of ketones is 1. The molecule has 28 bridgehead atoms. The first-order valence-corrected chi connectivity index (χ1v) is 43.9. The SMILES string of the molecule is CC.CCN1C(=O)N(CC)C2(C1=O)C1CC3C2C3(CC)C1.CCN1C(=O)N(CC)C2(C1=O)C1CC3C2C3(CC)C1.CCN1C(=O)N(CC)C2(C1=O)C1CC3C2C3(CC)C1.NC1(C(=O)O)C2CC3C1C3(C(=O)O)C2.NC1(C(=O)O)C2CC3C1C3(C(=O)O)C2.O=C1C2CC3C1C3(C(=O)O)C2.O=C1NC(=O)C2(N1)C1CC3C2C3(C(=O)O)C1.O=CO[O-].[2H]CF.[HH].[K+].[K]. The fourth-order valence-corrected chi connectivity index (χ4v) is 34.3. The number of carboxylic acids is 6. The van der Waals surface area contributed by atoms with Crippen molar-refractivity contribution in [2.24, 2.45) is 174 Å². The predicted octanol–water partition coefficient (Wildman–Crippen LogP) is 1.82. The Morgan fingerprint density at radius 2 is 0.770 bits per heavy atom. The van der Waals surface area contributed by atoms with Gasteiger partial charge in [-0.25, -0.2) is 19.2 Å². The number of likely N-dealkylation sites (N-methyl/N-ethyl adjacent to an activating group) is 6. The van der Waals surface area contributed by atoms with Crippen LogP contribution in [0.1, 0.15) is 188 Å². The number of nitrogens with one attached hydrogen (secondary N) is 2. The van der Waals surface area contributed by atoms with Crippen LogP contribution in [0.15, 0.2) is 0 Å². The smallest absolute Gasteiger partial charge is 0.662 e. The van der Waals surface area contributed by atoms with E-state index < -0.39 is 104 Å². The van der Waals surface area contributed by atoms with Crippen molar-refractivity contribution < 1.29 is 176 Å². The minimum Gasteiger partial charge on any atom is -0.662 e. The molecule has 32 aliphatic rings. The molecule has 34 unspecified atom stereocenters. The molecule has 0 aromatic rings. The molecule has 32 rings (SSSR count). The first kappa shape index (κ1) is 91.5. The molecule has 4 spiro atoms. The van der Waals surface area contributed by atoms with Crippen molar-refractivity contribution in [3.63, 3.8) is 0 Å². The summed E-state index contributed by atoms with van der Waals surface area (Å²) in [6, 6.07) is -0.609. The molecule has 0 aromatic carbocycles. The van der Waals surface area contributed by atoms with Crippen molar-refractivity contribution >= 4 is 147 Å². The number of Topliss-reactive ketones (excluding diaryl/α,β-unsaturated/α-hetero) is 1. The molecule has 37 heteroatoms. The number of hydrogen-bond acceptors (Lipinski definition) is 20. The Morgan fingerprint density at radius 1 is 0.467 bits per heavy atom. The Balaban J connectivity index is 0.000000122. The van der Waals surface area contributed by atoms with Gasteiger partial charge in [-0.05, 0) is 244 Å². The number of imide groups is 4. The molecule has 28 saturated carbocycles. The van der Waals surface area contributed by atoms with Crippen LogP contribution in [0.3, 0.4) is 0 Å². The molecule has 122 heavy (non-hydrogen) atoms. The third-order valence-corrected chi connectivity index (χ3v) is 38.1. The van der Waals surface area contributed by atoms with E-state index in [9.17, 15) is 81.4 Å². The van der Waals surface area contributed by atoms with Gasteiger partial charge in [0.1, 0.15) is 39.0 Å². The average Bonchev–Trinajstić information content (AvgIpc) is 1.42. The number of nitrogens with zero attached hydrogens (tertiary/aromatic N) is 6. The molecule has 12 N–H and O–H groups in total. The van der Waals surface area contributed by atoms with Crippen molar-refractivity contribution in [1.82, 2.24) is 40.0 Å². The molecule has 34 atom stereocenters. The summed E-state index contributed by atoms with van der Waals surface area (Å²) in [5.41, 5.74) is 5.27. The number of carbonyl (C=O) groups excluding carboxylic acids is 10. The second kappa shape index (κ2) is 29.9. The number of carboxylic acid groups (broad SMARTS) is 6. The van der Waals surface area contributed by atoms with E-state index in [0.29, 0.717) is 147 Å². The van der Waals surface area contributed by atoms with E-state index in [1.54, 1.807) is 0 Å². The zero-order valence-electron chi connectivity index (χ0n) is 72.9. The van der Waals surface area contributed by atoms with Crippen molar-refractivity contribution in [2.75, 3.05) is 46.4 Å². The van der Waals surface area contributed by atoms with Crippen LogP contribution in [0.5, 0.6) is 0 Å². The summed E-state index contributed by atoms with van der Waals surface area (Å²) in [5, 5.41) is 67.7.